The van der Waals surface area contributed by atoms with E-state index in [2.05, 4.69) is 0 Å². The summed E-state index contributed by atoms with van der Waals surface area (Å²) in [6.45, 7) is 2.95. The Labute approximate surface area is 147 Å². The number of benzene rings is 1. The molecule has 0 aromatic heterocycles. The van der Waals surface area contributed by atoms with Gasteiger partial charge in [0.25, 0.3) is 5.91 Å². The van der Waals surface area contributed by atoms with Crippen LogP contribution in [0.5, 0.6) is 0 Å². The number of halogens is 1. The molecule has 1 aliphatic carbocycles. The number of aliphatic hydroxyl groups is 1. The van der Waals surface area contributed by atoms with Gasteiger partial charge in [-0.2, -0.15) is 0 Å². The third-order valence-corrected chi connectivity index (χ3v) is 5.30. The lowest BCUT2D eigenvalue weighted by molar-refractivity contribution is -0.147. The molecule has 4 nitrogen and oxygen atoms in total. The van der Waals surface area contributed by atoms with Crippen molar-refractivity contribution in [1.82, 2.24) is 4.90 Å². The van der Waals surface area contributed by atoms with Gasteiger partial charge in [-0.3, -0.25) is 9.59 Å². The van der Waals surface area contributed by atoms with E-state index in [4.69, 9.17) is 11.6 Å². The van der Waals surface area contributed by atoms with Gasteiger partial charge < -0.3 is 10.0 Å². The zero-order valence-corrected chi connectivity index (χ0v) is 14.8. The summed E-state index contributed by atoms with van der Waals surface area (Å²) in [7, 11) is 0. The molecule has 128 valence electrons. The molecule has 3 rings (SSSR count). The molecule has 1 aromatic rings. The quantitative estimate of drug-likeness (QED) is 0.909. The number of rotatable bonds is 3. The SMILES string of the molecule is CC(=O)C1=C(c2ccc(Cl)cc2)C(=O)N(C2CCCCC2)C1(C)O. The molecule has 0 bridgehead atoms. The second kappa shape index (κ2) is 6.34. The fourth-order valence-electron chi connectivity index (χ4n) is 4.04. The molecule has 1 heterocycles. The van der Waals surface area contributed by atoms with Gasteiger partial charge in [-0.25, -0.2) is 0 Å². The number of carbonyl (C=O) groups excluding carboxylic acids is 2. The molecule has 1 unspecified atom stereocenters. The Morgan fingerprint density at radius 1 is 1.21 bits per heavy atom. The molecule has 1 aromatic carbocycles. The van der Waals surface area contributed by atoms with Crippen LogP contribution in [0.15, 0.2) is 29.8 Å². The highest BCUT2D eigenvalue weighted by Gasteiger charge is 2.51. The summed E-state index contributed by atoms with van der Waals surface area (Å²) in [5, 5.41) is 11.7. The van der Waals surface area contributed by atoms with Crippen molar-refractivity contribution in [2.24, 2.45) is 0 Å². The molecule has 1 N–H and O–H groups in total. The molecule has 0 radical (unpaired) electrons. The van der Waals surface area contributed by atoms with Gasteiger partial charge in [0.2, 0.25) is 0 Å². The molecule has 1 fully saturated rings. The van der Waals surface area contributed by atoms with Crippen molar-refractivity contribution in [2.75, 3.05) is 0 Å². The van der Waals surface area contributed by atoms with E-state index in [9.17, 15) is 14.7 Å². The minimum absolute atomic E-state index is 0.0274. The number of amides is 1. The van der Waals surface area contributed by atoms with Crippen LogP contribution in [-0.4, -0.2) is 33.5 Å². The topological polar surface area (TPSA) is 57.6 Å². The van der Waals surface area contributed by atoms with Crippen LogP contribution in [0, 0.1) is 0 Å². The minimum Gasteiger partial charge on any atom is -0.367 e. The van der Waals surface area contributed by atoms with Gasteiger partial charge in [0.05, 0.1) is 11.1 Å². The summed E-state index contributed by atoms with van der Waals surface area (Å²) in [6, 6.07) is 6.79. The van der Waals surface area contributed by atoms with Crippen LogP contribution < -0.4 is 0 Å². The van der Waals surface area contributed by atoms with Crippen molar-refractivity contribution in [3.05, 3.63) is 40.4 Å². The van der Waals surface area contributed by atoms with Gasteiger partial charge in [-0.05, 0) is 44.4 Å². The summed E-state index contributed by atoms with van der Waals surface area (Å²) in [5.74, 6) is -0.545. The van der Waals surface area contributed by atoms with Gasteiger partial charge in [-0.1, -0.05) is 43.0 Å². The molecule has 2 aliphatic rings. The Morgan fingerprint density at radius 3 is 2.33 bits per heavy atom. The highest BCUT2D eigenvalue weighted by Crippen LogP contribution is 2.43. The monoisotopic (exact) mass is 347 g/mol. The van der Waals surface area contributed by atoms with E-state index in [1.165, 1.54) is 11.8 Å². The third kappa shape index (κ3) is 2.78. The predicted octanol–water partition coefficient (Wildman–Crippen LogP) is 3.57. The van der Waals surface area contributed by atoms with Crippen LogP contribution in [-0.2, 0) is 9.59 Å². The first kappa shape index (κ1) is 17.2. The Balaban J connectivity index is 2.09. The molecule has 5 heteroatoms. The van der Waals surface area contributed by atoms with Gasteiger partial charge in [0.1, 0.15) is 0 Å². The highest BCUT2D eigenvalue weighted by molar-refractivity contribution is 6.31. The van der Waals surface area contributed by atoms with Crippen LogP contribution in [0.2, 0.25) is 5.02 Å². The van der Waals surface area contributed by atoms with Crippen LogP contribution in [0.4, 0.5) is 0 Å². The minimum atomic E-state index is -1.57. The molecular weight excluding hydrogens is 326 g/mol. The fourth-order valence-corrected chi connectivity index (χ4v) is 4.16. The molecule has 1 aliphatic heterocycles. The lowest BCUT2D eigenvalue weighted by Gasteiger charge is -2.40. The second-order valence-electron chi connectivity index (χ2n) is 6.80. The lowest BCUT2D eigenvalue weighted by atomic mass is 9.92. The normalized spacial score (nSPS) is 25.5. The van der Waals surface area contributed by atoms with Gasteiger partial charge >= 0.3 is 0 Å². The largest absolute Gasteiger partial charge is 0.367 e. The van der Waals surface area contributed by atoms with E-state index in [1.54, 1.807) is 31.2 Å². The molecule has 1 saturated carbocycles. The van der Waals surface area contributed by atoms with Crippen molar-refractivity contribution < 1.29 is 14.7 Å². The second-order valence-corrected chi connectivity index (χ2v) is 7.24. The number of hydrogen-bond acceptors (Lipinski definition) is 3. The van der Waals surface area contributed by atoms with Crippen molar-refractivity contribution in [3.63, 3.8) is 0 Å². The first-order valence-corrected chi connectivity index (χ1v) is 8.79. The molecule has 1 amide bonds. The maximum atomic E-state index is 13.1. The zero-order valence-electron chi connectivity index (χ0n) is 14.0. The Hall–Kier alpha value is -1.65. The first-order chi connectivity index (χ1) is 11.3. The van der Waals surface area contributed by atoms with Gasteiger partial charge in [-0.15, -0.1) is 0 Å². The van der Waals surface area contributed by atoms with E-state index in [0.717, 1.165) is 32.1 Å². The molecule has 1 atom stereocenters. The number of Topliss-reactive ketones (excluding diaryl/α,β-unsaturated/α-hetero) is 1. The van der Waals surface area contributed by atoms with E-state index >= 15 is 0 Å². The first-order valence-electron chi connectivity index (χ1n) is 8.41. The van der Waals surface area contributed by atoms with E-state index in [0.29, 0.717) is 16.2 Å². The highest BCUT2D eigenvalue weighted by atomic mass is 35.5. The molecule has 24 heavy (non-hydrogen) atoms. The van der Waals surface area contributed by atoms with Crippen molar-refractivity contribution in [3.8, 4) is 0 Å². The zero-order chi connectivity index (χ0) is 17.5. The number of hydrogen-bond donors (Lipinski definition) is 1. The summed E-state index contributed by atoms with van der Waals surface area (Å²) in [6.07, 6.45) is 4.95. The van der Waals surface area contributed by atoms with Crippen LogP contribution in [0.3, 0.4) is 0 Å². The Kier molecular flexibility index (Phi) is 4.54. The van der Waals surface area contributed by atoms with Gasteiger partial charge in [0, 0.05) is 11.1 Å². The Morgan fingerprint density at radius 2 is 1.79 bits per heavy atom. The van der Waals surface area contributed by atoms with Crippen LogP contribution in [0.25, 0.3) is 5.57 Å². The lowest BCUT2D eigenvalue weighted by Crippen LogP contribution is -2.52. The maximum absolute atomic E-state index is 13.1. The van der Waals surface area contributed by atoms with E-state index in [1.807, 2.05) is 0 Å². The average Bonchev–Trinajstić information content (AvgIpc) is 2.75. The van der Waals surface area contributed by atoms with Crippen molar-refractivity contribution >= 4 is 28.9 Å². The summed E-state index contributed by atoms with van der Waals surface area (Å²) in [5.41, 5.74) is -0.469. The van der Waals surface area contributed by atoms with E-state index in [-0.39, 0.29) is 23.3 Å². The smallest absolute Gasteiger partial charge is 0.257 e. The molecule has 0 saturated heterocycles. The molecule has 0 spiro atoms. The van der Waals surface area contributed by atoms with Gasteiger partial charge in [0.15, 0.2) is 11.5 Å². The number of ketones is 1. The average molecular weight is 348 g/mol. The summed E-state index contributed by atoms with van der Waals surface area (Å²) in [4.78, 5) is 26.9. The fraction of sp³-hybridized carbons (Fsp3) is 0.474. The van der Waals surface area contributed by atoms with E-state index < -0.39 is 5.72 Å². The third-order valence-electron chi connectivity index (χ3n) is 5.05. The Bertz CT molecular complexity index is 700. The number of carbonyl (C=O) groups is 2. The standard InChI is InChI=1S/C19H22ClNO3/c1-12(22)17-16(13-8-10-14(20)11-9-13)18(23)21(19(17,2)24)15-6-4-3-5-7-15/h8-11,15,24H,3-7H2,1-2H3. The molecular formula is C19H22ClNO3. The maximum Gasteiger partial charge on any atom is 0.257 e. The number of nitrogens with zero attached hydrogens (tertiary/aromatic N) is 1. The van der Waals surface area contributed by atoms with Crippen LogP contribution >= 0.6 is 11.6 Å². The predicted molar refractivity (Wildman–Crippen MR) is 93.4 cm³/mol. The van der Waals surface area contributed by atoms with Crippen molar-refractivity contribution in [2.45, 2.75) is 57.7 Å². The summed E-state index contributed by atoms with van der Waals surface area (Å²) >= 11 is 5.93. The van der Waals surface area contributed by atoms with Crippen molar-refractivity contribution in [1.29, 1.82) is 0 Å². The van der Waals surface area contributed by atoms with Crippen LogP contribution in [0.1, 0.15) is 51.5 Å². The summed E-state index contributed by atoms with van der Waals surface area (Å²) < 4.78 is 0.